The number of rotatable bonds is 5. The number of hydrogen-bond acceptors (Lipinski definition) is 2. The van der Waals surface area contributed by atoms with E-state index in [-0.39, 0.29) is 30.2 Å². The summed E-state index contributed by atoms with van der Waals surface area (Å²) < 4.78 is 16.8. The summed E-state index contributed by atoms with van der Waals surface area (Å²) >= 11 is 0. The number of carbonyl (C=O) groups excluding carboxylic acids is 2. The molecule has 5 nitrogen and oxygen atoms in total. The number of benzene rings is 2. The minimum atomic E-state index is -0.532. The molecular formula is C26H28FN3O2. The Morgan fingerprint density at radius 3 is 2.44 bits per heavy atom. The summed E-state index contributed by atoms with van der Waals surface area (Å²) in [6.07, 6.45) is 1.95. The number of aryl methyl sites for hydroxylation is 1. The fourth-order valence-corrected chi connectivity index (χ4v) is 4.26. The summed E-state index contributed by atoms with van der Waals surface area (Å²) in [6.45, 7) is 6.78. The van der Waals surface area contributed by atoms with Gasteiger partial charge >= 0.3 is 0 Å². The van der Waals surface area contributed by atoms with Crippen LogP contribution in [0.3, 0.4) is 0 Å². The third kappa shape index (κ3) is 4.17. The monoisotopic (exact) mass is 433 g/mol. The van der Waals surface area contributed by atoms with Crippen LogP contribution in [0.5, 0.6) is 0 Å². The Balaban J connectivity index is 1.63. The number of fused-ring (bicyclic) bond motifs is 1. The zero-order valence-electron chi connectivity index (χ0n) is 18.7. The number of aromatic nitrogens is 1. The summed E-state index contributed by atoms with van der Waals surface area (Å²) in [5, 5.41) is 0. The van der Waals surface area contributed by atoms with Gasteiger partial charge in [0.1, 0.15) is 18.4 Å². The van der Waals surface area contributed by atoms with E-state index in [0.29, 0.717) is 24.2 Å². The van der Waals surface area contributed by atoms with Gasteiger partial charge in [-0.1, -0.05) is 35.9 Å². The lowest BCUT2D eigenvalue weighted by atomic mass is 9.99. The highest BCUT2D eigenvalue weighted by Gasteiger charge is 2.35. The number of amides is 2. The molecule has 32 heavy (non-hydrogen) atoms. The van der Waals surface area contributed by atoms with Crippen LogP contribution in [0.1, 0.15) is 47.1 Å². The van der Waals surface area contributed by atoms with Crippen molar-refractivity contribution < 1.29 is 14.0 Å². The first-order valence-corrected chi connectivity index (χ1v) is 10.9. The van der Waals surface area contributed by atoms with E-state index in [2.05, 4.69) is 4.57 Å². The molecule has 0 fully saturated rings. The summed E-state index contributed by atoms with van der Waals surface area (Å²) in [5.41, 5.74) is 2.95. The predicted molar refractivity (Wildman–Crippen MR) is 122 cm³/mol. The van der Waals surface area contributed by atoms with Crippen LogP contribution in [0, 0.1) is 12.7 Å². The van der Waals surface area contributed by atoms with E-state index in [0.717, 1.165) is 11.3 Å². The molecular weight excluding hydrogens is 405 g/mol. The molecule has 3 aromatic rings. The quantitative estimate of drug-likeness (QED) is 0.598. The highest BCUT2D eigenvalue weighted by atomic mass is 19.1. The fourth-order valence-electron chi connectivity index (χ4n) is 4.26. The molecule has 2 heterocycles. The topological polar surface area (TPSA) is 45.6 Å². The SMILES string of the molecule is Cc1ccc(C(=O)N(CC(=O)N2CCn3cccc3C2c2ccccc2F)C(C)C)cc1. The van der Waals surface area contributed by atoms with Crippen LogP contribution in [0.15, 0.2) is 66.9 Å². The predicted octanol–water partition coefficient (Wildman–Crippen LogP) is 4.42. The third-order valence-corrected chi connectivity index (χ3v) is 6.05. The second kappa shape index (κ2) is 8.99. The second-order valence-electron chi connectivity index (χ2n) is 8.53. The summed E-state index contributed by atoms with van der Waals surface area (Å²) in [6, 6.07) is 17.1. The van der Waals surface area contributed by atoms with E-state index in [1.54, 1.807) is 40.1 Å². The van der Waals surface area contributed by atoms with E-state index in [9.17, 15) is 14.0 Å². The maximum absolute atomic E-state index is 14.8. The van der Waals surface area contributed by atoms with Crippen LogP contribution in [-0.4, -0.2) is 45.3 Å². The van der Waals surface area contributed by atoms with Gasteiger partial charge in [-0.2, -0.15) is 0 Å². The average molecular weight is 434 g/mol. The van der Waals surface area contributed by atoms with Gasteiger partial charge in [-0.3, -0.25) is 9.59 Å². The normalized spacial score (nSPS) is 15.5. The van der Waals surface area contributed by atoms with E-state index in [1.807, 2.05) is 51.2 Å². The lowest BCUT2D eigenvalue weighted by Gasteiger charge is -2.39. The van der Waals surface area contributed by atoms with E-state index < -0.39 is 6.04 Å². The first-order valence-electron chi connectivity index (χ1n) is 10.9. The van der Waals surface area contributed by atoms with E-state index >= 15 is 0 Å². The van der Waals surface area contributed by atoms with Gasteiger partial charge in [0.15, 0.2) is 0 Å². The Hall–Kier alpha value is -3.41. The second-order valence-corrected chi connectivity index (χ2v) is 8.53. The van der Waals surface area contributed by atoms with Gasteiger partial charge in [0.2, 0.25) is 5.91 Å². The molecule has 1 unspecified atom stereocenters. The standard InChI is InChI=1S/C26H28FN3O2/c1-18(2)30(26(32)20-12-10-19(3)11-13-20)17-24(31)29-16-15-28-14-6-9-23(28)25(29)21-7-4-5-8-22(21)27/h4-14,18,25H,15-17H2,1-3H3. The van der Waals surface area contributed by atoms with Gasteiger partial charge in [-0.05, 0) is 51.1 Å². The van der Waals surface area contributed by atoms with Crippen LogP contribution in [0.25, 0.3) is 0 Å². The number of halogens is 1. The first-order chi connectivity index (χ1) is 15.4. The largest absolute Gasteiger partial charge is 0.348 e. The molecule has 1 aromatic heterocycles. The molecule has 6 heteroatoms. The molecule has 1 atom stereocenters. The highest BCUT2D eigenvalue weighted by Crippen LogP contribution is 2.34. The Kier molecular flexibility index (Phi) is 6.12. The van der Waals surface area contributed by atoms with Crippen LogP contribution in [0.2, 0.25) is 0 Å². The summed E-state index contributed by atoms with van der Waals surface area (Å²) in [5.74, 6) is -0.725. The van der Waals surface area contributed by atoms with Crippen molar-refractivity contribution >= 4 is 11.8 Å². The molecule has 0 bridgehead atoms. The van der Waals surface area contributed by atoms with Crippen molar-refractivity contribution in [2.45, 2.75) is 39.4 Å². The van der Waals surface area contributed by atoms with Crippen LogP contribution >= 0.6 is 0 Å². The average Bonchev–Trinajstić information content (AvgIpc) is 3.26. The minimum absolute atomic E-state index is 0.0595. The number of carbonyl (C=O) groups is 2. The molecule has 0 saturated carbocycles. The maximum Gasteiger partial charge on any atom is 0.254 e. The molecule has 0 spiro atoms. The lowest BCUT2D eigenvalue weighted by Crippen LogP contribution is -2.49. The molecule has 1 aliphatic heterocycles. The van der Waals surface area contributed by atoms with Gasteiger partial charge in [0.05, 0.1) is 0 Å². The highest BCUT2D eigenvalue weighted by molar-refractivity contribution is 5.96. The van der Waals surface area contributed by atoms with Crippen molar-refractivity contribution in [2.75, 3.05) is 13.1 Å². The van der Waals surface area contributed by atoms with Gasteiger partial charge in [-0.25, -0.2) is 4.39 Å². The fraction of sp³-hybridized carbons (Fsp3) is 0.308. The molecule has 4 rings (SSSR count). The van der Waals surface area contributed by atoms with Gasteiger partial charge < -0.3 is 14.4 Å². The maximum atomic E-state index is 14.8. The van der Waals surface area contributed by atoms with Crippen molar-refractivity contribution in [3.05, 3.63) is 95.1 Å². The minimum Gasteiger partial charge on any atom is -0.348 e. The van der Waals surface area contributed by atoms with Gasteiger partial charge in [-0.15, -0.1) is 0 Å². The van der Waals surface area contributed by atoms with Crippen molar-refractivity contribution in [3.63, 3.8) is 0 Å². The van der Waals surface area contributed by atoms with Crippen molar-refractivity contribution in [3.8, 4) is 0 Å². The van der Waals surface area contributed by atoms with Crippen molar-refractivity contribution in [1.82, 2.24) is 14.4 Å². The molecule has 0 aliphatic carbocycles. The molecule has 0 radical (unpaired) electrons. The van der Waals surface area contributed by atoms with E-state index in [1.165, 1.54) is 6.07 Å². The van der Waals surface area contributed by atoms with Crippen molar-refractivity contribution in [1.29, 1.82) is 0 Å². The van der Waals surface area contributed by atoms with Crippen LogP contribution in [-0.2, 0) is 11.3 Å². The Morgan fingerprint density at radius 1 is 1.03 bits per heavy atom. The third-order valence-electron chi connectivity index (χ3n) is 6.05. The number of nitrogens with zero attached hydrogens (tertiary/aromatic N) is 3. The zero-order valence-corrected chi connectivity index (χ0v) is 18.7. The Morgan fingerprint density at radius 2 is 1.75 bits per heavy atom. The molecule has 1 aliphatic rings. The van der Waals surface area contributed by atoms with Crippen molar-refractivity contribution in [2.24, 2.45) is 0 Å². The van der Waals surface area contributed by atoms with Crippen LogP contribution in [0.4, 0.5) is 4.39 Å². The molecule has 0 N–H and O–H groups in total. The Bertz CT molecular complexity index is 1120. The summed E-state index contributed by atoms with van der Waals surface area (Å²) in [7, 11) is 0. The first kappa shape index (κ1) is 21.8. The molecule has 0 saturated heterocycles. The smallest absolute Gasteiger partial charge is 0.254 e. The summed E-state index contributed by atoms with van der Waals surface area (Å²) in [4.78, 5) is 30.0. The Labute approximate surface area is 188 Å². The molecule has 2 aromatic carbocycles. The molecule has 2 amide bonds. The van der Waals surface area contributed by atoms with Gasteiger partial charge in [0.25, 0.3) is 5.91 Å². The van der Waals surface area contributed by atoms with Gasteiger partial charge in [0, 0.05) is 42.1 Å². The van der Waals surface area contributed by atoms with Crippen LogP contribution < -0.4 is 0 Å². The lowest BCUT2D eigenvalue weighted by molar-refractivity contribution is -0.135. The molecule has 166 valence electrons. The van der Waals surface area contributed by atoms with E-state index in [4.69, 9.17) is 0 Å². The zero-order chi connectivity index (χ0) is 22.8. The number of hydrogen-bond donors (Lipinski definition) is 0.